The number of anilines is 9. The zero-order valence-electron chi connectivity index (χ0n) is 53.3. The zero-order valence-corrected chi connectivity index (χ0v) is 53.3. The number of benzene rings is 10. The minimum absolute atomic E-state index is 0.0388. The van der Waals surface area contributed by atoms with Crippen LogP contribution in [0.5, 0.6) is 0 Å². The van der Waals surface area contributed by atoms with Gasteiger partial charge in [0.15, 0.2) is 0 Å². The van der Waals surface area contributed by atoms with Crippen molar-refractivity contribution in [1.29, 1.82) is 0 Å². The lowest BCUT2D eigenvalue weighted by Gasteiger charge is -2.57. The van der Waals surface area contributed by atoms with E-state index in [1.54, 1.807) is 0 Å². The van der Waals surface area contributed by atoms with Crippen LogP contribution in [0.1, 0.15) is 96.3 Å². The summed E-state index contributed by atoms with van der Waals surface area (Å²) in [4.78, 5) is 13.8. The molecular weight excluding hydrogens is 1130 g/mol. The summed E-state index contributed by atoms with van der Waals surface area (Å²) >= 11 is 0. The van der Waals surface area contributed by atoms with Gasteiger partial charge in [0.1, 0.15) is 0 Å². The van der Waals surface area contributed by atoms with Crippen LogP contribution in [0.4, 0.5) is 51.2 Å². The second-order valence-electron chi connectivity index (χ2n) is 30.9. The van der Waals surface area contributed by atoms with Gasteiger partial charge in [0.2, 0.25) is 0 Å². The number of nitrogens with zero attached hydrogens (tertiary/aromatic N) is 5. The average molecular weight is 1210 g/mol. The average Bonchev–Trinajstić information content (AvgIpc) is 0.700. The van der Waals surface area contributed by atoms with E-state index >= 15 is 0 Å². The predicted octanol–water partition coefficient (Wildman–Crippen LogP) is 19.4. The van der Waals surface area contributed by atoms with Crippen LogP contribution in [-0.4, -0.2) is 43.0 Å². The molecule has 6 saturated carbocycles. The van der Waals surface area contributed by atoms with Gasteiger partial charge in [-0.15, -0.1) is 0 Å². The molecule has 14 aliphatic rings. The van der Waals surface area contributed by atoms with Crippen molar-refractivity contribution in [3.63, 3.8) is 0 Å². The van der Waals surface area contributed by atoms with Gasteiger partial charge in [0.05, 0.1) is 0 Å². The van der Waals surface area contributed by atoms with Crippen LogP contribution in [0.3, 0.4) is 0 Å². The van der Waals surface area contributed by atoms with Gasteiger partial charge >= 0.3 is 0 Å². The molecule has 6 heteroatoms. The van der Waals surface area contributed by atoms with E-state index in [1.807, 2.05) is 0 Å². The Hall–Kier alpha value is -8.74. The highest BCUT2D eigenvalue weighted by Crippen LogP contribution is 2.55. The summed E-state index contributed by atoms with van der Waals surface area (Å²) in [7, 11) is 0. The number of hydrogen-bond donors (Lipinski definition) is 0. The lowest BCUT2D eigenvalue weighted by Crippen LogP contribution is -2.61. The molecule has 12 bridgehead atoms. The van der Waals surface area contributed by atoms with Gasteiger partial charge in [-0.1, -0.05) is 146 Å². The van der Waals surface area contributed by atoms with Crippen molar-refractivity contribution < 1.29 is 0 Å². The molecule has 456 valence electrons. The number of piperidine rings is 6. The maximum Gasteiger partial charge on any atom is 0.252 e. The summed E-state index contributed by atoms with van der Waals surface area (Å²) in [5.41, 5.74) is 27.9. The molecule has 0 N–H and O–H groups in total. The van der Waals surface area contributed by atoms with E-state index in [4.69, 9.17) is 0 Å². The second-order valence-corrected chi connectivity index (χ2v) is 30.9. The lowest BCUT2D eigenvalue weighted by molar-refractivity contribution is 0.0899. The van der Waals surface area contributed by atoms with E-state index in [0.717, 1.165) is 46.9 Å². The Bertz CT molecular complexity index is 4210. The predicted molar refractivity (Wildman–Crippen MR) is 388 cm³/mol. The molecule has 10 aromatic rings. The summed E-state index contributed by atoms with van der Waals surface area (Å²) in [6.07, 6.45) is 20.8. The van der Waals surface area contributed by atoms with Gasteiger partial charge in [-0.05, 0) is 289 Å². The Kier molecular flexibility index (Phi) is 12.1. The van der Waals surface area contributed by atoms with E-state index in [0.29, 0.717) is 36.3 Å². The Balaban J connectivity index is 0.748. The number of rotatable bonds is 10. The monoisotopic (exact) mass is 1210 g/mol. The summed E-state index contributed by atoms with van der Waals surface area (Å²) in [6.45, 7) is -0.0388. The van der Waals surface area contributed by atoms with Crippen molar-refractivity contribution in [2.75, 3.05) is 24.5 Å². The molecule has 24 rings (SSSR count). The maximum atomic E-state index is 2.85. The van der Waals surface area contributed by atoms with E-state index < -0.39 is 0 Å². The van der Waals surface area contributed by atoms with Crippen LogP contribution in [0.15, 0.2) is 231 Å². The van der Waals surface area contributed by atoms with Gasteiger partial charge in [-0.25, -0.2) is 0 Å². The maximum absolute atomic E-state index is 2.85. The van der Waals surface area contributed by atoms with E-state index in [1.165, 1.54) is 208 Å². The fourth-order valence-electron chi connectivity index (χ4n) is 22.3. The standard InChI is InChI=1S/C87H80BN5/c1-3-7-60(8-4-1)62-11-29-73(30-12-62)92-83-50-67(64-15-23-70(24-16-64)89-75-38-54-35-55(40-75)41-76(89)39-54)21-33-81(83)88-82-34-22-68(65-17-25-71(26-18-65)90-77-42-56-36-57(44-77)45-78(90)43-56)51-84(82)93(74-31-13-63(14-32-74)61-9-5-2-6-10-61)86-53-69(52-85(92)87(86)88)66-19-27-72(28-20-66)91-79-46-58-37-59(48-79)49-80(91)47-58/h1-34,50-59,75-80H,35-49H2. The quantitative estimate of drug-likeness (QED) is 0.127. The molecular formula is C87H80BN5. The van der Waals surface area contributed by atoms with Gasteiger partial charge in [-0.3, -0.25) is 0 Å². The molecule has 10 aromatic carbocycles. The van der Waals surface area contributed by atoms with E-state index in [2.05, 4.69) is 255 Å². The molecule has 0 atom stereocenters. The van der Waals surface area contributed by atoms with Crippen LogP contribution in [0.25, 0.3) is 55.6 Å². The highest BCUT2D eigenvalue weighted by Gasteiger charge is 2.50. The molecule has 6 aliphatic carbocycles. The Morgan fingerprint density at radius 1 is 0.215 bits per heavy atom. The molecule has 8 aliphatic heterocycles. The fraction of sp³-hybridized carbons (Fsp3) is 0.310. The van der Waals surface area contributed by atoms with Crippen LogP contribution in [0, 0.1) is 35.5 Å². The van der Waals surface area contributed by atoms with Crippen molar-refractivity contribution in [2.45, 2.75) is 133 Å². The third kappa shape index (κ3) is 8.71. The van der Waals surface area contributed by atoms with Crippen molar-refractivity contribution in [3.8, 4) is 55.6 Å². The third-order valence-corrected chi connectivity index (χ3v) is 25.7. The Morgan fingerprint density at radius 3 is 0.774 bits per heavy atom. The summed E-state index contributed by atoms with van der Waals surface area (Å²) in [5.74, 6) is 5.57. The smallest absolute Gasteiger partial charge is 0.252 e. The first kappa shape index (κ1) is 53.7. The minimum atomic E-state index is -0.0388. The number of hydrogen-bond acceptors (Lipinski definition) is 5. The molecule has 12 fully saturated rings. The van der Waals surface area contributed by atoms with Gasteiger partial charge < -0.3 is 24.5 Å². The first-order valence-electron chi connectivity index (χ1n) is 36.0. The van der Waals surface area contributed by atoms with Crippen molar-refractivity contribution in [1.82, 2.24) is 0 Å². The van der Waals surface area contributed by atoms with E-state index in [9.17, 15) is 0 Å². The van der Waals surface area contributed by atoms with Gasteiger partial charge in [0, 0.05) is 87.4 Å². The van der Waals surface area contributed by atoms with Crippen molar-refractivity contribution in [2.24, 2.45) is 35.5 Å². The topological polar surface area (TPSA) is 16.2 Å². The largest absolute Gasteiger partial charge is 0.366 e. The SMILES string of the molecule is c1ccc(-c2ccc(N3c4cc(-c5ccc(N6C7CC8CC(C7)CC6C8)cc5)ccc4B4c5ccc(-c6ccc(N7C8CC9CC(C8)CC7C9)cc6)cc5N(c5ccc(-c6ccccc6)cc5)c5cc(-c6ccc(N7C8CC9CC(C8)CC7C9)cc6)cc3c54)cc2)cc1. The molecule has 6 saturated heterocycles. The normalized spacial score (nSPS) is 27.7. The van der Waals surface area contributed by atoms with Crippen LogP contribution < -0.4 is 40.9 Å². The zero-order chi connectivity index (χ0) is 60.6. The molecule has 0 aromatic heterocycles. The molecule has 0 radical (unpaired) electrons. The third-order valence-electron chi connectivity index (χ3n) is 25.7. The van der Waals surface area contributed by atoms with Crippen molar-refractivity contribution in [3.05, 3.63) is 231 Å². The highest BCUT2D eigenvalue weighted by atomic mass is 15.2. The molecule has 8 heterocycles. The first-order chi connectivity index (χ1) is 45.9. The minimum Gasteiger partial charge on any atom is -0.366 e. The van der Waals surface area contributed by atoms with Crippen LogP contribution in [0.2, 0.25) is 0 Å². The molecule has 0 unspecified atom stereocenters. The number of fused-ring (bicyclic) bond motifs is 4. The summed E-state index contributed by atoms with van der Waals surface area (Å²) in [6, 6.07) is 94.4. The molecule has 93 heavy (non-hydrogen) atoms. The second kappa shape index (κ2) is 20.9. The fourth-order valence-corrected chi connectivity index (χ4v) is 22.3. The van der Waals surface area contributed by atoms with Crippen LogP contribution in [-0.2, 0) is 0 Å². The summed E-state index contributed by atoms with van der Waals surface area (Å²) < 4.78 is 0. The molecule has 0 spiro atoms. The van der Waals surface area contributed by atoms with Crippen molar-refractivity contribution >= 4 is 74.3 Å². The lowest BCUT2D eigenvalue weighted by atomic mass is 9.33. The molecule has 5 nitrogen and oxygen atoms in total. The van der Waals surface area contributed by atoms with Gasteiger partial charge in [0.25, 0.3) is 6.71 Å². The Morgan fingerprint density at radius 2 is 0.462 bits per heavy atom. The highest BCUT2D eigenvalue weighted by molar-refractivity contribution is 7.00. The molecule has 0 amide bonds. The van der Waals surface area contributed by atoms with Gasteiger partial charge in [-0.2, -0.15) is 0 Å². The van der Waals surface area contributed by atoms with Crippen LogP contribution >= 0.6 is 0 Å². The Labute approximate surface area is 549 Å². The van der Waals surface area contributed by atoms with E-state index in [-0.39, 0.29) is 6.71 Å². The first-order valence-corrected chi connectivity index (χ1v) is 36.0. The summed E-state index contributed by atoms with van der Waals surface area (Å²) in [5, 5.41) is 0.